The molecule has 1 unspecified atom stereocenters. The second kappa shape index (κ2) is 5.68. The van der Waals surface area contributed by atoms with Crippen molar-refractivity contribution in [2.24, 2.45) is 0 Å². The largest absolute Gasteiger partial charge is 0.324 e. The van der Waals surface area contributed by atoms with Crippen LogP contribution in [0.25, 0.3) is 10.9 Å². The topological polar surface area (TPSA) is 76.0 Å². The van der Waals surface area contributed by atoms with Gasteiger partial charge in [0.25, 0.3) is 11.5 Å². The number of carbonyl (C=O) groups excluding carboxylic acids is 1. The van der Waals surface area contributed by atoms with Crippen LogP contribution in [0.3, 0.4) is 0 Å². The first-order chi connectivity index (χ1) is 11.7. The molecule has 1 aliphatic heterocycles. The summed E-state index contributed by atoms with van der Waals surface area (Å²) in [5.41, 5.74) is 5.03. The van der Waals surface area contributed by atoms with Crippen LogP contribution >= 0.6 is 11.8 Å². The minimum absolute atomic E-state index is 0.191. The molecular formula is C17H14N4O2S. The highest BCUT2D eigenvalue weighted by Gasteiger charge is 2.31. The average molecular weight is 338 g/mol. The Bertz CT molecular complexity index is 1010. The molecule has 24 heavy (non-hydrogen) atoms. The van der Waals surface area contributed by atoms with E-state index in [-0.39, 0.29) is 11.5 Å². The number of para-hydroxylation sites is 2. The Kier molecular flexibility index (Phi) is 3.50. The number of fused-ring (bicyclic) bond motifs is 2. The van der Waals surface area contributed by atoms with E-state index in [1.54, 1.807) is 18.2 Å². The highest BCUT2D eigenvalue weighted by molar-refractivity contribution is 7.98. The third kappa shape index (κ3) is 2.25. The standard InChI is InChI=1S/C17H14N4O2S/c1-24-17-19-13-9-5-3-7-11(13)16(23)21(17)20-14-10-6-2-4-8-12(10)18-15(14)22/h2-9,14,20H,1H3,(H,18,22). The first-order valence-corrected chi connectivity index (χ1v) is 8.63. The van der Waals surface area contributed by atoms with Crippen LogP contribution in [-0.2, 0) is 4.79 Å². The summed E-state index contributed by atoms with van der Waals surface area (Å²) in [4.78, 5) is 29.6. The van der Waals surface area contributed by atoms with E-state index in [9.17, 15) is 9.59 Å². The van der Waals surface area contributed by atoms with Crippen molar-refractivity contribution in [1.29, 1.82) is 0 Å². The zero-order valence-electron chi connectivity index (χ0n) is 12.8. The van der Waals surface area contributed by atoms with Crippen molar-refractivity contribution < 1.29 is 4.79 Å². The van der Waals surface area contributed by atoms with E-state index in [1.165, 1.54) is 16.4 Å². The van der Waals surface area contributed by atoms with Crippen molar-refractivity contribution >= 4 is 34.3 Å². The number of benzene rings is 2. The maximum atomic E-state index is 12.8. The van der Waals surface area contributed by atoms with Gasteiger partial charge in [-0.25, -0.2) is 4.98 Å². The number of rotatable bonds is 3. The molecular weight excluding hydrogens is 324 g/mol. The smallest absolute Gasteiger partial charge is 0.280 e. The molecule has 3 aromatic rings. The lowest BCUT2D eigenvalue weighted by atomic mass is 10.1. The summed E-state index contributed by atoms with van der Waals surface area (Å²) < 4.78 is 1.36. The maximum absolute atomic E-state index is 12.8. The molecule has 0 aliphatic carbocycles. The van der Waals surface area contributed by atoms with Gasteiger partial charge in [0.05, 0.1) is 10.9 Å². The average Bonchev–Trinajstić information content (AvgIpc) is 2.92. The summed E-state index contributed by atoms with van der Waals surface area (Å²) in [5, 5.41) is 3.84. The number of thioether (sulfide) groups is 1. The van der Waals surface area contributed by atoms with Gasteiger partial charge >= 0.3 is 0 Å². The van der Waals surface area contributed by atoms with Gasteiger partial charge in [0.15, 0.2) is 5.16 Å². The lowest BCUT2D eigenvalue weighted by Gasteiger charge is -2.18. The normalized spacial score (nSPS) is 16.0. The lowest BCUT2D eigenvalue weighted by molar-refractivity contribution is -0.116. The number of hydrogen-bond donors (Lipinski definition) is 2. The molecule has 1 atom stereocenters. The number of amides is 1. The van der Waals surface area contributed by atoms with E-state index in [1.807, 2.05) is 36.6 Å². The first kappa shape index (κ1) is 14.8. The number of aromatic nitrogens is 2. The van der Waals surface area contributed by atoms with E-state index in [0.29, 0.717) is 16.1 Å². The SMILES string of the molecule is CSc1nc2ccccc2c(=O)n1NC1C(=O)Nc2ccccc21. The molecule has 120 valence electrons. The van der Waals surface area contributed by atoms with Crippen LogP contribution in [0.2, 0.25) is 0 Å². The zero-order chi connectivity index (χ0) is 16.7. The summed E-state index contributed by atoms with van der Waals surface area (Å²) in [5.74, 6) is -0.191. The maximum Gasteiger partial charge on any atom is 0.280 e. The number of carbonyl (C=O) groups is 1. The fraction of sp³-hybridized carbons (Fsp3) is 0.118. The Morgan fingerprint density at radius 1 is 1.12 bits per heavy atom. The minimum atomic E-state index is -0.632. The Balaban J connectivity index is 1.84. The molecule has 0 fully saturated rings. The monoisotopic (exact) mass is 338 g/mol. The molecule has 0 saturated heterocycles. The van der Waals surface area contributed by atoms with Crippen LogP contribution in [-0.4, -0.2) is 21.8 Å². The summed E-state index contributed by atoms with van der Waals surface area (Å²) in [6.45, 7) is 0. The van der Waals surface area contributed by atoms with E-state index < -0.39 is 6.04 Å². The summed E-state index contributed by atoms with van der Waals surface area (Å²) >= 11 is 1.35. The van der Waals surface area contributed by atoms with Gasteiger partial charge in [0.1, 0.15) is 6.04 Å². The van der Waals surface area contributed by atoms with E-state index in [0.717, 1.165) is 11.3 Å². The predicted octanol–water partition coefficient (Wildman–Crippen LogP) is 2.36. The lowest BCUT2D eigenvalue weighted by Crippen LogP contribution is -2.36. The van der Waals surface area contributed by atoms with Crippen LogP contribution in [0.1, 0.15) is 11.6 Å². The van der Waals surface area contributed by atoms with Crippen molar-refractivity contribution in [1.82, 2.24) is 9.66 Å². The number of hydrogen-bond acceptors (Lipinski definition) is 5. The second-order valence-electron chi connectivity index (χ2n) is 5.39. The Hall–Kier alpha value is -2.80. The van der Waals surface area contributed by atoms with Gasteiger partial charge in [-0.1, -0.05) is 42.1 Å². The first-order valence-electron chi connectivity index (χ1n) is 7.41. The molecule has 1 aliphatic rings. The molecule has 0 saturated carbocycles. The molecule has 0 spiro atoms. The van der Waals surface area contributed by atoms with Crippen LogP contribution in [0.5, 0.6) is 0 Å². The van der Waals surface area contributed by atoms with Gasteiger partial charge in [-0.3, -0.25) is 9.59 Å². The zero-order valence-corrected chi connectivity index (χ0v) is 13.6. The fourth-order valence-electron chi connectivity index (χ4n) is 2.83. The summed E-state index contributed by atoms with van der Waals surface area (Å²) in [6, 6.07) is 14.0. The third-order valence-electron chi connectivity index (χ3n) is 3.98. The quantitative estimate of drug-likeness (QED) is 0.566. The number of nitrogens with one attached hydrogen (secondary N) is 2. The van der Waals surface area contributed by atoms with Gasteiger partial charge in [-0.2, -0.15) is 4.68 Å². The number of anilines is 1. The molecule has 4 rings (SSSR count). The van der Waals surface area contributed by atoms with Crippen molar-refractivity contribution in [3.63, 3.8) is 0 Å². The Morgan fingerprint density at radius 3 is 2.71 bits per heavy atom. The molecule has 2 aromatic carbocycles. The highest BCUT2D eigenvalue weighted by Crippen LogP contribution is 2.31. The van der Waals surface area contributed by atoms with Crippen LogP contribution < -0.4 is 16.3 Å². The van der Waals surface area contributed by atoms with E-state index in [2.05, 4.69) is 15.7 Å². The van der Waals surface area contributed by atoms with Crippen molar-refractivity contribution in [2.45, 2.75) is 11.2 Å². The molecule has 6 nitrogen and oxygen atoms in total. The summed E-state index contributed by atoms with van der Waals surface area (Å²) in [6.07, 6.45) is 1.84. The van der Waals surface area contributed by atoms with Gasteiger partial charge < -0.3 is 10.7 Å². The van der Waals surface area contributed by atoms with Crippen LogP contribution in [0, 0.1) is 0 Å². The van der Waals surface area contributed by atoms with E-state index >= 15 is 0 Å². The molecule has 1 amide bonds. The minimum Gasteiger partial charge on any atom is -0.324 e. The predicted molar refractivity (Wildman–Crippen MR) is 95.0 cm³/mol. The second-order valence-corrected chi connectivity index (χ2v) is 6.17. The Labute approximate surface area is 141 Å². The molecule has 0 radical (unpaired) electrons. The van der Waals surface area contributed by atoms with Gasteiger partial charge in [0.2, 0.25) is 0 Å². The van der Waals surface area contributed by atoms with Crippen LogP contribution in [0.4, 0.5) is 5.69 Å². The van der Waals surface area contributed by atoms with Gasteiger partial charge in [0, 0.05) is 11.3 Å². The van der Waals surface area contributed by atoms with Gasteiger partial charge in [-0.15, -0.1) is 0 Å². The van der Waals surface area contributed by atoms with Gasteiger partial charge in [-0.05, 0) is 24.5 Å². The fourth-order valence-corrected chi connectivity index (χ4v) is 3.34. The van der Waals surface area contributed by atoms with Crippen molar-refractivity contribution in [3.05, 3.63) is 64.4 Å². The molecule has 1 aromatic heterocycles. The van der Waals surface area contributed by atoms with Crippen molar-refractivity contribution in [2.75, 3.05) is 17.0 Å². The molecule has 7 heteroatoms. The van der Waals surface area contributed by atoms with E-state index in [4.69, 9.17) is 0 Å². The summed E-state index contributed by atoms with van der Waals surface area (Å²) in [7, 11) is 0. The molecule has 0 bridgehead atoms. The molecule has 2 N–H and O–H groups in total. The highest BCUT2D eigenvalue weighted by atomic mass is 32.2. The Morgan fingerprint density at radius 2 is 1.88 bits per heavy atom. The van der Waals surface area contributed by atoms with Crippen molar-refractivity contribution in [3.8, 4) is 0 Å². The number of nitrogens with zero attached hydrogens (tertiary/aromatic N) is 2. The third-order valence-corrected chi connectivity index (χ3v) is 4.62. The van der Waals surface area contributed by atoms with Crippen LogP contribution in [0.15, 0.2) is 58.5 Å². The molecule has 2 heterocycles.